The van der Waals surface area contributed by atoms with Gasteiger partial charge in [-0.15, -0.1) is 0 Å². The summed E-state index contributed by atoms with van der Waals surface area (Å²) in [5.74, 6) is -1.15. The Labute approximate surface area is 237 Å². The van der Waals surface area contributed by atoms with Crippen LogP contribution in [0.25, 0.3) is 6.08 Å². The molecule has 1 N–H and O–H groups in total. The first-order chi connectivity index (χ1) is 19.5. The Bertz CT molecular complexity index is 1750. The lowest BCUT2D eigenvalue weighted by molar-refractivity contribution is -0.394. The smallest absolute Gasteiger partial charge is 0.338 e. The number of thiazole rings is 1. The van der Waals surface area contributed by atoms with Gasteiger partial charge >= 0.3 is 11.7 Å². The average molecular weight is 581 g/mol. The van der Waals surface area contributed by atoms with E-state index in [0.717, 1.165) is 29.0 Å². The van der Waals surface area contributed by atoms with Gasteiger partial charge in [-0.3, -0.25) is 29.6 Å². The molecule has 0 spiro atoms. The number of non-ortho nitro benzene ring substituents is 1. The number of benzene rings is 2. The highest BCUT2D eigenvalue weighted by Crippen LogP contribution is 2.35. The van der Waals surface area contributed by atoms with Gasteiger partial charge in [0.1, 0.15) is 0 Å². The Kier molecular flexibility index (Phi) is 8.47. The molecule has 0 saturated heterocycles. The van der Waals surface area contributed by atoms with E-state index in [9.17, 15) is 34.9 Å². The summed E-state index contributed by atoms with van der Waals surface area (Å²) in [5.41, 5.74) is 0.0961. The Hall–Kier alpha value is -4.65. The summed E-state index contributed by atoms with van der Waals surface area (Å²) in [7, 11) is 0. The van der Waals surface area contributed by atoms with Crippen molar-refractivity contribution in [2.75, 3.05) is 6.61 Å². The standard InChI is InChI=1S/C28H28N4O8S/c1-5-7-20-23(27(35)40-6-2)24(17-10-8-16(9-11-17)15(3)4)30-26(34)22(41-28(30)29-20)13-18-12-19(31(36)37)14-21(25(18)33)32(38)39/h8-15,24,33H,5-7H2,1-4H3/b22-13-/t24-/m0/s1. The summed E-state index contributed by atoms with van der Waals surface area (Å²) in [5, 5.41) is 33.3. The van der Waals surface area contributed by atoms with Gasteiger partial charge in [0.05, 0.1) is 44.4 Å². The van der Waals surface area contributed by atoms with Crippen LogP contribution in [0, 0.1) is 20.2 Å². The van der Waals surface area contributed by atoms with Crippen LogP contribution in [0.4, 0.5) is 11.4 Å². The summed E-state index contributed by atoms with van der Waals surface area (Å²) < 4.78 is 6.75. The number of phenolic OH excluding ortho intramolecular Hbond substituents is 1. The summed E-state index contributed by atoms with van der Waals surface area (Å²) in [6, 6.07) is 8.29. The lowest BCUT2D eigenvalue weighted by atomic mass is 9.92. The number of fused-ring (bicyclic) bond motifs is 1. The molecule has 12 nitrogen and oxygen atoms in total. The fourth-order valence-corrected chi connectivity index (χ4v) is 5.63. The Balaban J connectivity index is 2.03. The van der Waals surface area contributed by atoms with Crippen LogP contribution in [-0.4, -0.2) is 32.1 Å². The van der Waals surface area contributed by atoms with E-state index in [1.807, 2.05) is 31.2 Å². The third-order valence-electron chi connectivity index (χ3n) is 6.61. The molecule has 41 heavy (non-hydrogen) atoms. The molecule has 0 fully saturated rings. The molecule has 1 aromatic heterocycles. The molecule has 1 aliphatic rings. The number of nitrogens with zero attached hydrogens (tertiary/aromatic N) is 4. The average Bonchev–Trinajstić information content (AvgIpc) is 3.23. The number of carbonyl (C=O) groups excluding carboxylic acids is 1. The van der Waals surface area contributed by atoms with E-state index in [-0.39, 0.29) is 33.0 Å². The van der Waals surface area contributed by atoms with Crippen LogP contribution in [0.5, 0.6) is 5.75 Å². The zero-order valence-electron chi connectivity index (χ0n) is 22.8. The van der Waals surface area contributed by atoms with Crippen molar-refractivity contribution in [3.63, 3.8) is 0 Å². The predicted octanol–water partition coefficient (Wildman–Crippen LogP) is 4.22. The third kappa shape index (κ3) is 5.66. The topological polar surface area (TPSA) is 167 Å². The van der Waals surface area contributed by atoms with E-state index in [0.29, 0.717) is 30.2 Å². The van der Waals surface area contributed by atoms with Gasteiger partial charge in [-0.2, -0.15) is 0 Å². The van der Waals surface area contributed by atoms with Crippen LogP contribution < -0.4 is 14.9 Å². The van der Waals surface area contributed by atoms with E-state index in [1.165, 1.54) is 4.57 Å². The molecule has 0 bridgehead atoms. The third-order valence-corrected chi connectivity index (χ3v) is 7.59. The van der Waals surface area contributed by atoms with Gasteiger partial charge in [0, 0.05) is 11.6 Å². The summed E-state index contributed by atoms with van der Waals surface area (Å²) in [6.45, 7) is 7.84. The number of esters is 1. The maximum atomic E-state index is 13.9. The first-order valence-electron chi connectivity index (χ1n) is 13.0. The van der Waals surface area contributed by atoms with E-state index in [4.69, 9.17) is 4.74 Å². The van der Waals surface area contributed by atoms with Crippen molar-refractivity contribution in [2.24, 2.45) is 4.99 Å². The first kappa shape index (κ1) is 29.3. The van der Waals surface area contributed by atoms with Crippen LogP contribution in [0.3, 0.4) is 0 Å². The molecule has 0 saturated carbocycles. The Morgan fingerprint density at radius 3 is 2.41 bits per heavy atom. The molecule has 3 aromatic rings. The van der Waals surface area contributed by atoms with Gasteiger partial charge < -0.3 is 9.84 Å². The number of hydrogen-bond acceptors (Lipinski definition) is 10. The minimum absolute atomic E-state index is 0.0126. The fourth-order valence-electron chi connectivity index (χ4n) is 4.62. The lowest BCUT2D eigenvalue weighted by Gasteiger charge is -2.26. The fraction of sp³-hybridized carbons (Fsp3) is 0.321. The molecular formula is C28H28N4O8S. The zero-order chi connectivity index (χ0) is 30.0. The lowest BCUT2D eigenvalue weighted by Crippen LogP contribution is -2.40. The number of hydrogen-bond donors (Lipinski definition) is 1. The molecule has 0 aliphatic carbocycles. The van der Waals surface area contributed by atoms with Crippen LogP contribution in [0.1, 0.15) is 69.2 Å². The van der Waals surface area contributed by atoms with Crippen molar-refractivity contribution in [2.45, 2.75) is 52.5 Å². The van der Waals surface area contributed by atoms with Gasteiger partial charge in [-0.05, 0) is 36.5 Å². The summed E-state index contributed by atoms with van der Waals surface area (Å²) in [4.78, 5) is 53.1. The highest BCUT2D eigenvalue weighted by atomic mass is 32.1. The molecule has 13 heteroatoms. The number of allylic oxidation sites excluding steroid dienone is 1. The van der Waals surface area contributed by atoms with E-state index < -0.39 is 44.5 Å². The van der Waals surface area contributed by atoms with E-state index in [1.54, 1.807) is 6.92 Å². The minimum atomic E-state index is -0.940. The second-order valence-electron chi connectivity index (χ2n) is 9.65. The van der Waals surface area contributed by atoms with Gasteiger partial charge in [-0.25, -0.2) is 9.79 Å². The maximum Gasteiger partial charge on any atom is 0.338 e. The summed E-state index contributed by atoms with van der Waals surface area (Å²) >= 11 is 0.948. The maximum absolute atomic E-state index is 13.9. The molecule has 0 unspecified atom stereocenters. The zero-order valence-corrected chi connectivity index (χ0v) is 23.6. The largest absolute Gasteiger partial charge is 0.502 e. The van der Waals surface area contributed by atoms with Crippen LogP contribution in [-0.2, 0) is 9.53 Å². The molecule has 0 amide bonds. The molecule has 4 rings (SSSR count). The highest BCUT2D eigenvalue weighted by molar-refractivity contribution is 7.07. The van der Waals surface area contributed by atoms with Gasteiger partial charge in [0.25, 0.3) is 11.2 Å². The number of aromatic hydroxyl groups is 1. The molecule has 1 atom stereocenters. The Morgan fingerprint density at radius 2 is 1.85 bits per heavy atom. The van der Waals surface area contributed by atoms with Crippen molar-refractivity contribution < 1.29 is 24.5 Å². The van der Waals surface area contributed by atoms with Crippen LogP contribution >= 0.6 is 11.3 Å². The molecule has 1 aliphatic heterocycles. The SMILES string of the molecule is CCCC1=C(C(=O)OCC)[C@H](c2ccc(C(C)C)cc2)n2c(s/c(=C\c3cc([N+](=O)[O-])cc([N+](=O)[O-])c3O)c2=O)=N1. The molecule has 214 valence electrons. The second-order valence-corrected chi connectivity index (χ2v) is 10.7. The van der Waals surface area contributed by atoms with E-state index >= 15 is 0 Å². The highest BCUT2D eigenvalue weighted by Gasteiger charge is 2.34. The van der Waals surface area contributed by atoms with Crippen molar-refractivity contribution in [3.8, 4) is 5.75 Å². The normalized spacial score (nSPS) is 15.0. The van der Waals surface area contributed by atoms with Crippen LogP contribution in [0.15, 0.2) is 57.5 Å². The monoisotopic (exact) mass is 580 g/mol. The summed E-state index contributed by atoms with van der Waals surface area (Å²) in [6.07, 6.45) is 2.27. The van der Waals surface area contributed by atoms with Crippen LogP contribution in [0.2, 0.25) is 0 Å². The number of nitro groups is 2. The predicted molar refractivity (Wildman–Crippen MR) is 152 cm³/mol. The number of aromatic nitrogens is 1. The Morgan fingerprint density at radius 1 is 1.17 bits per heavy atom. The first-order valence-corrected chi connectivity index (χ1v) is 13.8. The minimum Gasteiger partial charge on any atom is -0.502 e. The number of ether oxygens (including phenoxy) is 1. The van der Waals surface area contributed by atoms with Gasteiger partial charge in [0.2, 0.25) is 5.75 Å². The van der Waals surface area contributed by atoms with Gasteiger partial charge in [0.15, 0.2) is 4.80 Å². The molecule has 2 heterocycles. The number of carbonyl (C=O) groups is 1. The van der Waals surface area contributed by atoms with Crippen molar-refractivity contribution >= 4 is 34.8 Å². The van der Waals surface area contributed by atoms with E-state index in [2.05, 4.69) is 18.8 Å². The number of rotatable bonds is 9. The number of nitro benzene ring substituents is 2. The molecule has 0 radical (unpaired) electrons. The van der Waals surface area contributed by atoms with Crippen molar-refractivity contribution in [1.82, 2.24) is 4.57 Å². The van der Waals surface area contributed by atoms with Gasteiger partial charge in [-0.1, -0.05) is 62.8 Å². The van der Waals surface area contributed by atoms with Crippen molar-refractivity contribution in [3.05, 3.63) is 104 Å². The van der Waals surface area contributed by atoms with Crippen molar-refractivity contribution in [1.29, 1.82) is 0 Å². The number of phenols is 1. The molecular weight excluding hydrogens is 552 g/mol. The molecule has 2 aromatic carbocycles. The second kappa shape index (κ2) is 11.8. The quantitative estimate of drug-likeness (QED) is 0.223.